The van der Waals surface area contributed by atoms with Crippen LogP contribution in [-0.2, 0) is 0 Å². The molecule has 1 aliphatic heterocycles. The van der Waals surface area contributed by atoms with Crippen LogP contribution >= 0.6 is 0 Å². The highest BCUT2D eigenvalue weighted by Gasteiger charge is 2.19. The number of rotatable bonds is 5. The van der Waals surface area contributed by atoms with E-state index < -0.39 is 0 Å². The SMILES string of the molecule is Cc1ccc(C(C)CCN2CCN(c3ccccn3)CC2)o1. The van der Waals surface area contributed by atoms with E-state index in [9.17, 15) is 0 Å². The van der Waals surface area contributed by atoms with Crippen molar-refractivity contribution in [1.82, 2.24) is 9.88 Å². The molecule has 4 nitrogen and oxygen atoms in total. The van der Waals surface area contributed by atoms with E-state index in [1.54, 1.807) is 0 Å². The first-order chi connectivity index (χ1) is 10.7. The van der Waals surface area contributed by atoms with Gasteiger partial charge in [-0.15, -0.1) is 0 Å². The molecule has 4 heteroatoms. The molecule has 0 spiro atoms. The smallest absolute Gasteiger partial charge is 0.128 e. The van der Waals surface area contributed by atoms with Crippen LogP contribution in [0.25, 0.3) is 0 Å². The van der Waals surface area contributed by atoms with Gasteiger partial charge in [-0.05, 0) is 44.2 Å². The number of nitrogens with zero attached hydrogens (tertiary/aromatic N) is 3. The number of hydrogen-bond acceptors (Lipinski definition) is 4. The van der Waals surface area contributed by atoms with Crippen LogP contribution in [0.5, 0.6) is 0 Å². The average Bonchev–Trinajstić information content (AvgIpc) is 3.00. The maximum atomic E-state index is 5.73. The Kier molecular flexibility index (Phi) is 4.78. The summed E-state index contributed by atoms with van der Waals surface area (Å²) < 4.78 is 5.73. The summed E-state index contributed by atoms with van der Waals surface area (Å²) in [5.74, 6) is 3.71. The molecule has 0 saturated carbocycles. The molecule has 3 heterocycles. The van der Waals surface area contributed by atoms with Crippen molar-refractivity contribution in [3.05, 3.63) is 48.0 Å². The monoisotopic (exact) mass is 299 g/mol. The molecule has 0 bridgehead atoms. The average molecular weight is 299 g/mol. The number of aryl methyl sites for hydroxylation is 1. The Hall–Kier alpha value is -1.81. The molecular formula is C18H25N3O. The third-order valence-corrected chi connectivity index (χ3v) is 4.47. The minimum atomic E-state index is 0.488. The van der Waals surface area contributed by atoms with Crippen LogP contribution in [-0.4, -0.2) is 42.6 Å². The second-order valence-electron chi connectivity index (χ2n) is 6.15. The number of aromatic nitrogens is 1. The molecule has 22 heavy (non-hydrogen) atoms. The summed E-state index contributed by atoms with van der Waals surface area (Å²) in [6.07, 6.45) is 3.02. The predicted octanol–water partition coefficient (Wildman–Crippen LogP) is 3.30. The van der Waals surface area contributed by atoms with Gasteiger partial charge in [0.2, 0.25) is 0 Å². The molecule has 1 saturated heterocycles. The lowest BCUT2D eigenvalue weighted by atomic mass is 10.0. The normalized spacial score (nSPS) is 17.6. The van der Waals surface area contributed by atoms with Gasteiger partial charge in [0.05, 0.1) is 0 Å². The van der Waals surface area contributed by atoms with E-state index in [2.05, 4.69) is 46.0 Å². The number of hydrogen-bond donors (Lipinski definition) is 0. The van der Waals surface area contributed by atoms with Crippen molar-refractivity contribution >= 4 is 5.82 Å². The zero-order valence-corrected chi connectivity index (χ0v) is 13.5. The summed E-state index contributed by atoms with van der Waals surface area (Å²) in [5, 5.41) is 0. The fraction of sp³-hybridized carbons (Fsp3) is 0.500. The highest BCUT2D eigenvalue weighted by Crippen LogP contribution is 2.22. The Morgan fingerprint density at radius 2 is 1.95 bits per heavy atom. The van der Waals surface area contributed by atoms with Crippen molar-refractivity contribution in [2.24, 2.45) is 0 Å². The second kappa shape index (κ2) is 6.97. The van der Waals surface area contributed by atoms with Gasteiger partial charge in [-0.25, -0.2) is 4.98 Å². The van der Waals surface area contributed by atoms with Crippen molar-refractivity contribution < 1.29 is 4.42 Å². The zero-order valence-electron chi connectivity index (χ0n) is 13.5. The molecule has 3 rings (SSSR count). The molecule has 118 valence electrons. The zero-order chi connectivity index (χ0) is 15.4. The number of anilines is 1. The Bertz CT molecular complexity index is 573. The van der Waals surface area contributed by atoms with Crippen LogP contribution < -0.4 is 4.90 Å². The summed E-state index contributed by atoms with van der Waals surface area (Å²) in [5.41, 5.74) is 0. The Morgan fingerprint density at radius 3 is 2.59 bits per heavy atom. The summed E-state index contributed by atoms with van der Waals surface area (Å²) in [7, 11) is 0. The van der Waals surface area contributed by atoms with E-state index >= 15 is 0 Å². The quantitative estimate of drug-likeness (QED) is 0.848. The standard InChI is InChI=1S/C18H25N3O/c1-15(17-7-6-16(2)22-17)8-10-20-11-13-21(14-12-20)18-5-3-4-9-19-18/h3-7,9,15H,8,10-14H2,1-2H3. The predicted molar refractivity (Wildman–Crippen MR) is 89.4 cm³/mol. The van der Waals surface area contributed by atoms with Gasteiger partial charge in [0.25, 0.3) is 0 Å². The van der Waals surface area contributed by atoms with Gasteiger partial charge in [0.15, 0.2) is 0 Å². The van der Waals surface area contributed by atoms with E-state index in [-0.39, 0.29) is 0 Å². The first-order valence-corrected chi connectivity index (χ1v) is 8.17. The van der Waals surface area contributed by atoms with Crippen molar-refractivity contribution in [2.45, 2.75) is 26.2 Å². The van der Waals surface area contributed by atoms with Crippen LogP contribution in [0.3, 0.4) is 0 Å². The molecule has 2 aromatic heterocycles. The number of furan rings is 1. The third-order valence-electron chi connectivity index (χ3n) is 4.47. The Labute approximate surface area is 132 Å². The van der Waals surface area contributed by atoms with Gasteiger partial charge < -0.3 is 9.32 Å². The molecular weight excluding hydrogens is 274 g/mol. The van der Waals surface area contributed by atoms with Crippen LogP contribution in [0.15, 0.2) is 40.9 Å². The second-order valence-corrected chi connectivity index (χ2v) is 6.15. The lowest BCUT2D eigenvalue weighted by Crippen LogP contribution is -2.47. The van der Waals surface area contributed by atoms with Crippen molar-refractivity contribution in [1.29, 1.82) is 0 Å². The molecule has 1 fully saturated rings. The first kappa shape index (κ1) is 15.1. The van der Waals surface area contributed by atoms with E-state index in [4.69, 9.17) is 4.42 Å². The summed E-state index contributed by atoms with van der Waals surface area (Å²) in [4.78, 5) is 9.36. The molecule has 1 aliphatic rings. The van der Waals surface area contributed by atoms with E-state index in [1.807, 2.05) is 19.2 Å². The van der Waals surface area contributed by atoms with E-state index in [1.165, 1.54) is 0 Å². The van der Waals surface area contributed by atoms with Gasteiger partial charge in [0, 0.05) is 38.3 Å². The van der Waals surface area contributed by atoms with Crippen LogP contribution in [0.2, 0.25) is 0 Å². The molecule has 0 N–H and O–H groups in total. The van der Waals surface area contributed by atoms with Gasteiger partial charge in [-0.3, -0.25) is 4.90 Å². The molecule has 1 atom stereocenters. The largest absolute Gasteiger partial charge is 0.466 e. The maximum absolute atomic E-state index is 5.73. The third kappa shape index (κ3) is 3.69. The fourth-order valence-corrected chi connectivity index (χ4v) is 2.98. The summed E-state index contributed by atoms with van der Waals surface area (Å²) in [6, 6.07) is 10.3. The first-order valence-electron chi connectivity index (χ1n) is 8.17. The Balaban J connectivity index is 1.44. The minimum absolute atomic E-state index is 0.488. The van der Waals surface area contributed by atoms with Gasteiger partial charge in [0.1, 0.15) is 17.3 Å². The van der Waals surface area contributed by atoms with E-state index in [0.29, 0.717) is 5.92 Å². The molecule has 0 radical (unpaired) electrons. The van der Waals surface area contributed by atoms with Gasteiger partial charge in [-0.2, -0.15) is 0 Å². The summed E-state index contributed by atoms with van der Waals surface area (Å²) >= 11 is 0. The van der Waals surface area contributed by atoms with Gasteiger partial charge >= 0.3 is 0 Å². The summed E-state index contributed by atoms with van der Waals surface area (Å²) in [6.45, 7) is 9.74. The lowest BCUT2D eigenvalue weighted by Gasteiger charge is -2.35. The van der Waals surface area contributed by atoms with Crippen LogP contribution in [0, 0.1) is 6.92 Å². The molecule has 1 unspecified atom stereocenters. The minimum Gasteiger partial charge on any atom is -0.466 e. The topological polar surface area (TPSA) is 32.5 Å². The Morgan fingerprint density at radius 1 is 1.14 bits per heavy atom. The van der Waals surface area contributed by atoms with Crippen molar-refractivity contribution in [3.8, 4) is 0 Å². The maximum Gasteiger partial charge on any atom is 0.128 e. The highest BCUT2D eigenvalue weighted by atomic mass is 16.3. The van der Waals surface area contributed by atoms with Crippen molar-refractivity contribution in [2.75, 3.05) is 37.6 Å². The lowest BCUT2D eigenvalue weighted by molar-refractivity contribution is 0.245. The number of pyridine rings is 1. The van der Waals surface area contributed by atoms with E-state index in [0.717, 1.165) is 56.5 Å². The van der Waals surface area contributed by atoms with Crippen LogP contribution in [0.4, 0.5) is 5.82 Å². The molecule has 0 amide bonds. The van der Waals surface area contributed by atoms with Gasteiger partial charge in [-0.1, -0.05) is 13.0 Å². The van der Waals surface area contributed by atoms with Crippen molar-refractivity contribution in [3.63, 3.8) is 0 Å². The van der Waals surface area contributed by atoms with Crippen LogP contribution in [0.1, 0.15) is 30.8 Å². The molecule has 2 aromatic rings. The fourth-order valence-electron chi connectivity index (χ4n) is 2.98. The molecule has 0 aliphatic carbocycles. The highest BCUT2D eigenvalue weighted by molar-refractivity contribution is 5.38. The number of piperazine rings is 1. The molecule has 0 aromatic carbocycles.